The zero-order valence-electron chi connectivity index (χ0n) is 7.44. The maximum Gasteiger partial charge on any atom is 0.103 e. The Morgan fingerprint density at radius 1 is 1.62 bits per heavy atom. The summed E-state index contributed by atoms with van der Waals surface area (Å²) in [5.41, 5.74) is 0.676. The molecule has 1 aromatic rings. The summed E-state index contributed by atoms with van der Waals surface area (Å²) >= 11 is 3.26. The molecule has 0 saturated heterocycles. The SMILES string of the molecule is C=C(Br)[C@H](C)[C@@H](O)c1ccccn1. The molecule has 0 radical (unpaired) electrons. The zero-order valence-corrected chi connectivity index (χ0v) is 9.03. The topological polar surface area (TPSA) is 33.1 Å². The van der Waals surface area contributed by atoms with Crippen molar-refractivity contribution in [3.63, 3.8) is 0 Å². The average molecular weight is 242 g/mol. The Labute approximate surface area is 86.4 Å². The Hall–Kier alpha value is -0.670. The van der Waals surface area contributed by atoms with Crippen molar-refractivity contribution in [1.82, 2.24) is 4.98 Å². The van der Waals surface area contributed by atoms with E-state index in [-0.39, 0.29) is 5.92 Å². The molecular formula is C10H12BrNO. The summed E-state index contributed by atoms with van der Waals surface area (Å²) in [6.07, 6.45) is 1.08. The van der Waals surface area contributed by atoms with Gasteiger partial charge in [0, 0.05) is 12.1 Å². The van der Waals surface area contributed by atoms with Crippen LogP contribution in [0, 0.1) is 5.92 Å². The van der Waals surface area contributed by atoms with E-state index >= 15 is 0 Å². The van der Waals surface area contributed by atoms with E-state index in [4.69, 9.17) is 0 Å². The number of aliphatic hydroxyl groups excluding tert-OH is 1. The predicted octanol–water partition coefficient (Wildman–Crippen LogP) is 2.66. The van der Waals surface area contributed by atoms with Gasteiger partial charge in [0.05, 0.1) is 5.69 Å². The summed E-state index contributed by atoms with van der Waals surface area (Å²) < 4.78 is 0.783. The fourth-order valence-corrected chi connectivity index (χ4v) is 1.23. The highest BCUT2D eigenvalue weighted by atomic mass is 79.9. The first-order valence-corrected chi connectivity index (χ1v) is 4.85. The minimum absolute atomic E-state index is 0.0325. The first-order valence-electron chi connectivity index (χ1n) is 4.06. The van der Waals surface area contributed by atoms with Gasteiger partial charge in [-0.3, -0.25) is 4.98 Å². The van der Waals surface area contributed by atoms with Gasteiger partial charge in [0.2, 0.25) is 0 Å². The Kier molecular flexibility index (Phi) is 3.63. The lowest BCUT2D eigenvalue weighted by Gasteiger charge is -2.16. The molecule has 0 saturated carbocycles. The molecule has 2 atom stereocenters. The molecule has 0 unspecified atom stereocenters. The number of pyridine rings is 1. The Balaban J connectivity index is 2.79. The van der Waals surface area contributed by atoms with Gasteiger partial charge < -0.3 is 5.11 Å². The monoisotopic (exact) mass is 241 g/mol. The second-order valence-corrected chi connectivity index (χ2v) is 3.95. The maximum atomic E-state index is 9.81. The van der Waals surface area contributed by atoms with Gasteiger partial charge in [0.15, 0.2) is 0 Å². The van der Waals surface area contributed by atoms with Crippen LogP contribution in [0.4, 0.5) is 0 Å². The van der Waals surface area contributed by atoms with Gasteiger partial charge in [-0.05, 0) is 16.6 Å². The van der Waals surface area contributed by atoms with Crippen molar-refractivity contribution >= 4 is 15.9 Å². The van der Waals surface area contributed by atoms with E-state index in [0.29, 0.717) is 5.69 Å². The minimum Gasteiger partial charge on any atom is -0.386 e. The molecule has 0 aliphatic heterocycles. The van der Waals surface area contributed by atoms with Gasteiger partial charge in [0.1, 0.15) is 6.10 Å². The molecule has 1 heterocycles. The van der Waals surface area contributed by atoms with Gasteiger partial charge >= 0.3 is 0 Å². The normalized spacial score (nSPS) is 15.0. The Morgan fingerprint density at radius 2 is 2.31 bits per heavy atom. The molecular weight excluding hydrogens is 230 g/mol. The lowest BCUT2D eigenvalue weighted by molar-refractivity contribution is 0.134. The van der Waals surface area contributed by atoms with E-state index in [9.17, 15) is 5.11 Å². The summed E-state index contributed by atoms with van der Waals surface area (Å²) in [6, 6.07) is 5.48. The van der Waals surface area contributed by atoms with Gasteiger partial charge in [-0.15, -0.1) is 0 Å². The van der Waals surface area contributed by atoms with Crippen molar-refractivity contribution in [3.05, 3.63) is 41.2 Å². The smallest absolute Gasteiger partial charge is 0.103 e. The highest BCUT2D eigenvalue weighted by Crippen LogP contribution is 2.28. The highest BCUT2D eigenvalue weighted by molar-refractivity contribution is 9.11. The van der Waals surface area contributed by atoms with Crippen LogP contribution in [-0.2, 0) is 0 Å². The lowest BCUT2D eigenvalue weighted by atomic mass is 10.0. The number of aliphatic hydroxyl groups is 1. The fraction of sp³-hybridized carbons (Fsp3) is 0.300. The van der Waals surface area contributed by atoms with Crippen LogP contribution in [0.15, 0.2) is 35.5 Å². The van der Waals surface area contributed by atoms with Crippen LogP contribution in [0.5, 0.6) is 0 Å². The lowest BCUT2D eigenvalue weighted by Crippen LogP contribution is -2.10. The Bertz CT molecular complexity index is 286. The van der Waals surface area contributed by atoms with Crippen molar-refractivity contribution in [2.75, 3.05) is 0 Å². The number of hydrogen-bond acceptors (Lipinski definition) is 2. The first kappa shape index (κ1) is 10.4. The van der Waals surface area contributed by atoms with E-state index in [1.807, 2.05) is 19.1 Å². The number of nitrogens with zero attached hydrogens (tertiary/aromatic N) is 1. The van der Waals surface area contributed by atoms with E-state index in [0.717, 1.165) is 4.48 Å². The van der Waals surface area contributed by atoms with Crippen LogP contribution >= 0.6 is 15.9 Å². The van der Waals surface area contributed by atoms with Crippen LogP contribution in [0.3, 0.4) is 0 Å². The minimum atomic E-state index is -0.590. The summed E-state index contributed by atoms with van der Waals surface area (Å²) in [7, 11) is 0. The molecule has 1 N–H and O–H groups in total. The van der Waals surface area contributed by atoms with E-state index in [2.05, 4.69) is 27.5 Å². The molecule has 13 heavy (non-hydrogen) atoms. The zero-order chi connectivity index (χ0) is 9.84. The van der Waals surface area contributed by atoms with Crippen molar-refractivity contribution < 1.29 is 5.11 Å². The van der Waals surface area contributed by atoms with E-state index in [1.165, 1.54) is 0 Å². The van der Waals surface area contributed by atoms with Crippen LogP contribution < -0.4 is 0 Å². The largest absolute Gasteiger partial charge is 0.386 e. The van der Waals surface area contributed by atoms with Gasteiger partial charge in [-0.1, -0.05) is 35.5 Å². The molecule has 1 aromatic heterocycles. The van der Waals surface area contributed by atoms with Crippen LogP contribution in [-0.4, -0.2) is 10.1 Å². The van der Waals surface area contributed by atoms with Gasteiger partial charge in [-0.25, -0.2) is 0 Å². The molecule has 0 aliphatic carbocycles. The third-order valence-electron chi connectivity index (χ3n) is 1.96. The molecule has 2 nitrogen and oxygen atoms in total. The number of aromatic nitrogens is 1. The second kappa shape index (κ2) is 4.53. The summed E-state index contributed by atoms with van der Waals surface area (Å²) in [4.78, 5) is 4.07. The second-order valence-electron chi connectivity index (χ2n) is 2.93. The van der Waals surface area contributed by atoms with Crippen molar-refractivity contribution in [2.45, 2.75) is 13.0 Å². The average Bonchev–Trinajstić information content (AvgIpc) is 2.17. The fourth-order valence-electron chi connectivity index (χ4n) is 0.978. The molecule has 1 rings (SSSR count). The van der Waals surface area contributed by atoms with Crippen LogP contribution in [0.1, 0.15) is 18.7 Å². The van der Waals surface area contributed by atoms with E-state index in [1.54, 1.807) is 12.3 Å². The van der Waals surface area contributed by atoms with E-state index < -0.39 is 6.10 Å². The van der Waals surface area contributed by atoms with Crippen molar-refractivity contribution in [2.24, 2.45) is 5.92 Å². The van der Waals surface area contributed by atoms with Crippen molar-refractivity contribution in [1.29, 1.82) is 0 Å². The summed E-state index contributed by atoms with van der Waals surface area (Å²) in [5, 5.41) is 9.81. The molecule has 3 heteroatoms. The first-order chi connectivity index (χ1) is 6.13. The molecule has 70 valence electrons. The molecule has 0 spiro atoms. The third kappa shape index (κ3) is 2.64. The number of hydrogen-bond donors (Lipinski definition) is 1. The van der Waals surface area contributed by atoms with Crippen LogP contribution in [0.2, 0.25) is 0 Å². The standard InChI is InChI=1S/C10H12BrNO/c1-7(8(2)11)10(13)9-5-3-4-6-12-9/h3-7,10,13H,2H2,1H3/t7-,10+/m0/s1. The highest BCUT2D eigenvalue weighted by Gasteiger charge is 2.18. The van der Waals surface area contributed by atoms with Gasteiger partial charge in [0.25, 0.3) is 0 Å². The molecule has 0 amide bonds. The maximum absolute atomic E-state index is 9.81. The quantitative estimate of drug-likeness (QED) is 0.883. The summed E-state index contributed by atoms with van der Waals surface area (Å²) in [5.74, 6) is -0.0325. The molecule has 0 aromatic carbocycles. The third-order valence-corrected chi connectivity index (χ3v) is 2.68. The Morgan fingerprint density at radius 3 is 2.77 bits per heavy atom. The predicted molar refractivity (Wildman–Crippen MR) is 56.4 cm³/mol. The number of halogens is 1. The van der Waals surface area contributed by atoms with Crippen molar-refractivity contribution in [3.8, 4) is 0 Å². The molecule has 0 bridgehead atoms. The van der Waals surface area contributed by atoms with Crippen LogP contribution in [0.25, 0.3) is 0 Å². The molecule has 0 fully saturated rings. The summed E-state index contributed by atoms with van der Waals surface area (Å²) in [6.45, 7) is 5.63. The number of rotatable bonds is 3. The van der Waals surface area contributed by atoms with Gasteiger partial charge in [-0.2, -0.15) is 0 Å². The molecule has 0 aliphatic rings.